The third-order valence-corrected chi connectivity index (χ3v) is 6.15. The second kappa shape index (κ2) is 18.7. The quantitative estimate of drug-likeness (QED) is 0.117. The molecule has 3 heteroatoms. The van der Waals surface area contributed by atoms with Gasteiger partial charge in [-0.05, 0) is 61.1 Å². The molecule has 0 bridgehead atoms. The van der Waals surface area contributed by atoms with Crippen LogP contribution in [0.2, 0.25) is 0 Å². The van der Waals surface area contributed by atoms with Gasteiger partial charge in [0.25, 0.3) is 0 Å². The fraction of sp³-hybridized carbons (Fsp3) is 0.222. The van der Waals surface area contributed by atoms with E-state index in [0.717, 1.165) is 35.4 Å². The minimum Gasteiger partial charge on any atom is -0.493 e. The summed E-state index contributed by atoms with van der Waals surface area (Å²) in [5.41, 5.74) is 17.3. The zero-order valence-electron chi connectivity index (χ0n) is 23.0. The number of benzene rings is 4. The summed E-state index contributed by atoms with van der Waals surface area (Å²) >= 11 is 0. The summed E-state index contributed by atoms with van der Waals surface area (Å²) in [5, 5.41) is 0. The molecule has 0 saturated heterocycles. The molecule has 4 aromatic rings. The van der Waals surface area contributed by atoms with Crippen LogP contribution in [0.4, 0.5) is 0 Å². The minimum atomic E-state index is 0. The molecule has 4 aromatic carbocycles. The average Bonchev–Trinajstić information content (AvgIpc) is 3.39. The predicted octanol–water partition coefficient (Wildman–Crippen LogP) is 9.77. The van der Waals surface area contributed by atoms with E-state index in [1.807, 2.05) is 72.8 Å². The molecule has 0 radical (unpaired) electrons. The first kappa shape index (κ1) is 31.7. The maximum absolute atomic E-state index is 10.8. The molecule has 0 unspecified atom stereocenters. The van der Waals surface area contributed by atoms with Crippen LogP contribution in [0.1, 0.15) is 61.8 Å². The smallest absolute Gasteiger partial charge is 0.493 e. The molecule has 1 aliphatic heterocycles. The molecule has 202 valence electrons. The fourth-order valence-corrected chi connectivity index (χ4v) is 4.08. The summed E-state index contributed by atoms with van der Waals surface area (Å²) in [6.45, 7) is 4.42. The molecule has 1 aliphatic rings. The molecule has 0 saturated carbocycles. The van der Waals surface area contributed by atoms with Crippen molar-refractivity contribution in [3.8, 4) is 0 Å². The summed E-state index contributed by atoms with van der Waals surface area (Å²) in [4.78, 5) is 0. The van der Waals surface area contributed by atoms with Crippen molar-refractivity contribution in [2.75, 3.05) is 0 Å². The molecule has 39 heavy (non-hydrogen) atoms. The van der Waals surface area contributed by atoms with Gasteiger partial charge in [0, 0.05) is 23.3 Å². The zero-order valence-corrected chi connectivity index (χ0v) is 24.0. The Kier molecular flexibility index (Phi) is 15.2. The van der Waals surface area contributed by atoms with E-state index in [2.05, 4.69) is 74.5 Å². The molecule has 0 amide bonds. The maximum Gasteiger partial charge on any atom is 2.00 e. The van der Waals surface area contributed by atoms with Crippen molar-refractivity contribution in [2.45, 2.75) is 52.4 Å². The summed E-state index contributed by atoms with van der Waals surface area (Å²) in [6.07, 6.45) is 11.0. The van der Waals surface area contributed by atoms with Crippen molar-refractivity contribution in [3.63, 3.8) is 0 Å². The van der Waals surface area contributed by atoms with E-state index in [0.29, 0.717) is 0 Å². The molecule has 0 spiro atoms. The monoisotopic (exact) mass is 556 g/mol. The molecular weight excluding hydrogens is 519 g/mol. The van der Waals surface area contributed by atoms with Crippen LogP contribution in [0, 0.1) is 12.1 Å². The van der Waals surface area contributed by atoms with Gasteiger partial charge < -0.3 is 5.53 Å². The number of allylic oxidation sites excluding steroid dienone is 2. The average molecular weight is 557 g/mol. The maximum atomic E-state index is 10.8. The SMILES string of the molecule is CCCCc1cccc(C2=CC=C(c3cccc(CCCC)c3)[N+]2=[N-])c1.[Ni+2].[c-]1ccccc1.[c-]1ccccc1. The van der Waals surface area contributed by atoms with Crippen LogP contribution in [0.3, 0.4) is 0 Å². The van der Waals surface area contributed by atoms with Crippen molar-refractivity contribution >= 4 is 11.4 Å². The van der Waals surface area contributed by atoms with Gasteiger partial charge in [-0.3, -0.25) is 0 Å². The zero-order chi connectivity index (χ0) is 26.8. The predicted molar refractivity (Wildman–Crippen MR) is 160 cm³/mol. The topological polar surface area (TPSA) is 25.3 Å². The standard InChI is InChI=1S/C24H28N2.2C6H5.Ni/c1-3-5-9-19-11-7-13-21(17-19)23-15-16-24(26(23)25)22-14-8-12-20(18-22)10-6-4-2;2*1-2-4-6-5-3-1;/h7-8,11-18H,3-6,9-10H2,1-2H3;2*1-5H;/q;2*-1;+2. The van der Waals surface area contributed by atoms with E-state index in [9.17, 15) is 5.53 Å². The van der Waals surface area contributed by atoms with Crippen LogP contribution >= 0.6 is 0 Å². The van der Waals surface area contributed by atoms with Crippen molar-refractivity contribution in [1.29, 1.82) is 0 Å². The molecular formula is C36H38N2Ni. The second-order valence-electron chi connectivity index (χ2n) is 9.18. The van der Waals surface area contributed by atoms with Crippen molar-refractivity contribution in [1.82, 2.24) is 0 Å². The van der Waals surface area contributed by atoms with Crippen molar-refractivity contribution in [3.05, 3.63) is 161 Å². The fourth-order valence-electron chi connectivity index (χ4n) is 4.08. The van der Waals surface area contributed by atoms with E-state index in [-0.39, 0.29) is 16.5 Å². The molecule has 0 N–H and O–H groups in total. The van der Waals surface area contributed by atoms with Crippen molar-refractivity contribution < 1.29 is 21.2 Å². The van der Waals surface area contributed by atoms with Crippen LogP contribution in [0.25, 0.3) is 16.9 Å². The van der Waals surface area contributed by atoms with Gasteiger partial charge in [0.05, 0.1) is 0 Å². The molecule has 2 nitrogen and oxygen atoms in total. The number of unbranched alkanes of at least 4 members (excludes halogenated alkanes) is 2. The number of hydrogen-bond acceptors (Lipinski definition) is 0. The molecule has 5 rings (SSSR count). The van der Waals surface area contributed by atoms with Crippen LogP contribution < -0.4 is 0 Å². The van der Waals surface area contributed by atoms with Crippen LogP contribution in [0.15, 0.2) is 121 Å². The molecule has 1 heterocycles. The summed E-state index contributed by atoms with van der Waals surface area (Å²) in [7, 11) is 0. The molecule has 0 fully saturated rings. The van der Waals surface area contributed by atoms with E-state index in [4.69, 9.17) is 0 Å². The first-order valence-electron chi connectivity index (χ1n) is 13.6. The van der Waals surface area contributed by atoms with E-state index in [1.165, 1.54) is 41.5 Å². The first-order chi connectivity index (χ1) is 18.7. The van der Waals surface area contributed by atoms with Crippen molar-refractivity contribution in [2.24, 2.45) is 0 Å². The van der Waals surface area contributed by atoms with Gasteiger partial charge in [0.15, 0.2) is 0 Å². The van der Waals surface area contributed by atoms with Gasteiger partial charge in [-0.25, -0.2) is 4.70 Å². The third kappa shape index (κ3) is 11.0. The minimum absolute atomic E-state index is 0. The Bertz CT molecular complexity index is 1140. The Labute approximate surface area is 245 Å². The number of hydrogen-bond donors (Lipinski definition) is 0. The second-order valence-corrected chi connectivity index (χ2v) is 9.18. The van der Waals surface area contributed by atoms with Gasteiger partial charge >= 0.3 is 16.5 Å². The van der Waals surface area contributed by atoms with E-state index < -0.39 is 0 Å². The summed E-state index contributed by atoms with van der Waals surface area (Å²) in [6, 6.07) is 42.0. The van der Waals surface area contributed by atoms with Gasteiger partial charge in [-0.2, -0.15) is 72.8 Å². The van der Waals surface area contributed by atoms with Gasteiger partial charge in [0.2, 0.25) is 11.4 Å². The summed E-state index contributed by atoms with van der Waals surface area (Å²) in [5.74, 6) is 0. The Morgan fingerprint density at radius 3 is 1.31 bits per heavy atom. The number of aryl methyl sites for hydroxylation is 2. The number of rotatable bonds is 8. The Morgan fingerprint density at radius 1 is 0.590 bits per heavy atom. The van der Waals surface area contributed by atoms with Gasteiger partial charge in [0.1, 0.15) is 0 Å². The molecule has 0 atom stereocenters. The Morgan fingerprint density at radius 2 is 1.00 bits per heavy atom. The van der Waals surface area contributed by atoms with E-state index >= 15 is 0 Å². The molecule has 0 aliphatic carbocycles. The summed E-state index contributed by atoms with van der Waals surface area (Å²) < 4.78 is 1.33. The number of nitrogens with zero attached hydrogens (tertiary/aromatic N) is 2. The normalized spacial score (nSPS) is 11.6. The van der Waals surface area contributed by atoms with Crippen LogP contribution in [-0.2, 0) is 29.3 Å². The Balaban J connectivity index is 0.000000336. The first-order valence-corrected chi connectivity index (χ1v) is 13.6. The van der Waals surface area contributed by atoms with Crippen LogP contribution in [-0.4, -0.2) is 4.70 Å². The van der Waals surface area contributed by atoms with Crippen LogP contribution in [0.5, 0.6) is 0 Å². The van der Waals surface area contributed by atoms with Gasteiger partial charge in [-0.1, -0.05) is 51.0 Å². The largest absolute Gasteiger partial charge is 2.00 e. The van der Waals surface area contributed by atoms with Gasteiger partial charge in [-0.15, -0.1) is 0 Å². The third-order valence-electron chi connectivity index (χ3n) is 6.15. The Hall–Kier alpha value is -3.55. The molecule has 0 aromatic heterocycles. The van der Waals surface area contributed by atoms with E-state index in [1.54, 1.807) is 0 Å².